The van der Waals surface area contributed by atoms with Gasteiger partial charge >= 0.3 is 6.18 Å². The van der Waals surface area contributed by atoms with Crippen LogP contribution in [0.1, 0.15) is 44.1 Å². The molecule has 1 aromatic rings. The highest BCUT2D eigenvalue weighted by Crippen LogP contribution is 2.28. The van der Waals surface area contributed by atoms with Gasteiger partial charge < -0.3 is 4.52 Å². The molecule has 0 saturated carbocycles. The summed E-state index contributed by atoms with van der Waals surface area (Å²) in [6.45, 7) is 2.08. The van der Waals surface area contributed by atoms with Crippen LogP contribution < -0.4 is 0 Å². The zero-order valence-electron chi connectivity index (χ0n) is 8.60. The average molecular weight is 221 g/mol. The van der Waals surface area contributed by atoms with Gasteiger partial charge in [-0.15, -0.1) is 0 Å². The van der Waals surface area contributed by atoms with Gasteiger partial charge in [0.1, 0.15) is 5.76 Å². The first-order chi connectivity index (χ1) is 7.04. The fraction of sp³-hybridized carbons (Fsp3) is 0.700. The summed E-state index contributed by atoms with van der Waals surface area (Å²) in [5.41, 5.74) is -0.937. The van der Waals surface area contributed by atoms with Crippen LogP contribution >= 0.6 is 0 Å². The molecule has 0 saturated heterocycles. The van der Waals surface area contributed by atoms with Crippen molar-refractivity contribution < 1.29 is 17.7 Å². The monoisotopic (exact) mass is 221 g/mol. The van der Waals surface area contributed by atoms with Gasteiger partial charge in [0, 0.05) is 12.5 Å². The van der Waals surface area contributed by atoms with Crippen LogP contribution in [0.25, 0.3) is 0 Å². The van der Waals surface area contributed by atoms with Gasteiger partial charge in [0.05, 0.1) is 0 Å². The fourth-order valence-electron chi connectivity index (χ4n) is 1.29. The second kappa shape index (κ2) is 5.19. The lowest BCUT2D eigenvalue weighted by molar-refractivity contribution is -0.142. The van der Waals surface area contributed by atoms with Crippen LogP contribution in [-0.4, -0.2) is 5.16 Å². The molecule has 5 heteroatoms. The summed E-state index contributed by atoms with van der Waals surface area (Å²) in [6.07, 6.45) is 0.192. The normalized spacial score (nSPS) is 12.0. The van der Waals surface area contributed by atoms with Crippen LogP contribution in [0.4, 0.5) is 13.2 Å². The molecule has 0 N–H and O–H groups in total. The number of unbranched alkanes of at least 4 members (excludes halogenated alkanes) is 3. The van der Waals surface area contributed by atoms with E-state index in [2.05, 4.69) is 16.6 Å². The Morgan fingerprint density at radius 3 is 2.53 bits per heavy atom. The zero-order chi connectivity index (χ0) is 11.3. The molecule has 86 valence electrons. The molecule has 0 bridgehead atoms. The van der Waals surface area contributed by atoms with Crippen LogP contribution in [0.5, 0.6) is 0 Å². The van der Waals surface area contributed by atoms with E-state index in [4.69, 9.17) is 0 Å². The fourth-order valence-corrected chi connectivity index (χ4v) is 1.29. The molecule has 0 aromatic carbocycles. The molecule has 15 heavy (non-hydrogen) atoms. The smallest absolute Gasteiger partial charge is 0.361 e. The van der Waals surface area contributed by atoms with Crippen LogP contribution in [0, 0.1) is 0 Å². The third-order valence-electron chi connectivity index (χ3n) is 2.13. The molecule has 0 radical (unpaired) electrons. The second-order valence-corrected chi connectivity index (χ2v) is 3.49. The van der Waals surface area contributed by atoms with Gasteiger partial charge in [0.15, 0.2) is 5.69 Å². The Kier molecular flexibility index (Phi) is 4.17. The van der Waals surface area contributed by atoms with Gasteiger partial charge in [-0.25, -0.2) is 0 Å². The van der Waals surface area contributed by atoms with E-state index in [-0.39, 0.29) is 0 Å². The van der Waals surface area contributed by atoms with Crippen LogP contribution in [0.2, 0.25) is 0 Å². The van der Waals surface area contributed by atoms with E-state index in [0.717, 1.165) is 31.7 Å². The second-order valence-electron chi connectivity index (χ2n) is 3.49. The molecule has 1 aromatic heterocycles. The molecule has 1 rings (SSSR count). The van der Waals surface area contributed by atoms with E-state index in [1.54, 1.807) is 0 Å². The lowest BCUT2D eigenvalue weighted by atomic mass is 10.1. The van der Waals surface area contributed by atoms with E-state index in [9.17, 15) is 13.2 Å². The van der Waals surface area contributed by atoms with Crippen molar-refractivity contribution in [3.05, 3.63) is 17.5 Å². The molecule has 0 unspecified atom stereocenters. The summed E-state index contributed by atoms with van der Waals surface area (Å²) in [5, 5.41) is 2.99. The highest BCUT2D eigenvalue weighted by atomic mass is 19.4. The zero-order valence-corrected chi connectivity index (χ0v) is 8.60. The number of rotatable bonds is 5. The lowest BCUT2D eigenvalue weighted by Gasteiger charge is -1.97. The predicted molar refractivity (Wildman–Crippen MR) is 49.4 cm³/mol. The maximum absolute atomic E-state index is 12.1. The van der Waals surface area contributed by atoms with E-state index >= 15 is 0 Å². The molecule has 0 amide bonds. The number of nitrogens with zero attached hydrogens (tertiary/aromatic N) is 1. The molecule has 0 fully saturated rings. The first-order valence-corrected chi connectivity index (χ1v) is 5.07. The summed E-state index contributed by atoms with van der Waals surface area (Å²) < 4.78 is 41.0. The highest BCUT2D eigenvalue weighted by Gasteiger charge is 2.34. The van der Waals surface area contributed by atoms with Crippen molar-refractivity contribution in [3.63, 3.8) is 0 Å². The molecule has 2 nitrogen and oxygen atoms in total. The Morgan fingerprint density at radius 2 is 2.00 bits per heavy atom. The first kappa shape index (κ1) is 12.1. The Hall–Kier alpha value is -1.00. The van der Waals surface area contributed by atoms with Crippen molar-refractivity contribution >= 4 is 0 Å². The number of aromatic nitrogens is 1. The van der Waals surface area contributed by atoms with E-state index in [0.29, 0.717) is 12.2 Å². The summed E-state index contributed by atoms with van der Waals surface area (Å²) in [5.74, 6) is 0.318. The summed E-state index contributed by atoms with van der Waals surface area (Å²) >= 11 is 0. The Morgan fingerprint density at radius 1 is 1.27 bits per heavy atom. The molecule has 0 atom stereocenters. The minimum Gasteiger partial charge on any atom is -0.361 e. The Labute approximate surface area is 86.4 Å². The minimum absolute atomic E-state index is 0.318. The first-order valence-electron chi connectivity index (χ1n) is 5.07. The van der Waals surface area contributed by atoms with Crippen molar-refractivity contribution in [2.75, 3.05) is 0 Å². The molecule has 0 aliphatic carbocycles. The highest BCUT2D eigenvalue weighted by molar-refractivity contribution is 5.08. The molecule has 0 aliphatic rings. The van der Waals surface area contributed by atoms with Gasteiger partial charge in [-0.2, -0.15) is 13.2 Å². The topological polar surface area (TPSA) is 26.0 Å². The average Bonchev–Trinajstić information content (AvgIpc) is 2.60. The van der Waals surface area contributed by atoms with E-state index < -0.39 is 11.9 Å². The number of hydrogen-bond donors (Lipinski definition) is 0. The predicted octanol–water partition coefficient (Wildman–Crippen LogP) is 3.82. The lowest BCUT2D eigenvalue weighted by Crippen LogP contribution is -2.04. The van der Waals surface area contributed by atoms with Crippen molar-refractivity contribution in [2.24, 2.45) is 0 Å². The van der Waals surface area contributed by atoms with Gasteiger partial charge in [-0.05, 0) is 6.42 Å². The molecule has 0 aliphatic heterocycles. The maximum atomic E-state index is 12.1. The van der Waals surface area contributed by atoms with Gasteiger partial charge in [0.25, 0.3) is 0 Å². The molecular formula is C10H14F3NO. The van der Waals surface area contributed by atoms with Crippen LogP contribution in [0.15, 0.2) is 10.6 Å². The molecule has 0 spiro atoms. The quantitative estimate of drug-likeness (QED) is 0.706. The number of hydrogen-bond acceptors (Lipinski definition) is 2. The summed E-state index contributed by atoms with van der Waals surface area (Å²) in [7, 11) is 0. The SMILES string of the molecule is CCCCCCc1cc(C(F)(F)F)no1. The van der Waals surface area contributed by atoms with E-state index in [1.807, 2.05) is 0 Å². The van der Waals surface area contributed by atoms with Crippen molar-refractivity contribution in [1.29, 1.82) is 0 Å². The van der Waals surface area contributed by atoms with E-state index in [1.165, 1.54) is 0 Å². The minimum atomic E-state index is -4.40. The standard InChI is InChI=1S/C10H14F3NO/c1-2-3-4-5-6-8-7-9(14-15-8)10(11,12)13/h7H,2-6H2,1H3. The Balaban J connectivity index is 2.40. The van der Waals surface area contributed by atoms with Crippen LogP contribution in [0.3, 0.4) is 0 Å². The summed E-state index contributed by atoms with van der Waals surface area (Å²) in [6, 6.07) is 0.978. The number of halogens is 3. The van der Waals surface area contributed by atoms with Crippen molar-refractivity contribution in [3.8, 4) is 0 Å². The number of alkyl halides is 3. The third-order valence-corrected chi connectivity index (χ3v) is 2.13. The maximum Gasteiger partial charge on any atom is 0.436 e. The van der Waals surface area contributed by atoms with Crippen molar-refractivity contribution in [1.82, 2.24) is 5.16 Å². The van der Waals surface area contributed by atoms with Crippen molar-refractivity contribution in [2.45, 2.75) is 45.2 Å². The van der Waals surface area contributed by atoms with Crippen LogP contribution in [-0.2, 0) is 12.6 Å². The summed E-state index contributed by atoms with van der Waals surface area (Å²) in [4.78, 5) is 0. The molecular weight excluding hydrogens is 207 g/mol. The molecule has 1 heterocycles. The van der Waals surface area contributed by atoms with Gasteiger partial charge in [-0.1, -0.05) is 31.3 Å². The third kappa shape index (κ3) is 3.93. The Bertz CT molecular complexity index is 293. The number of aryl methyl sites for hydroxylation is 1. The largest absolute Gasteiger partial charge is 0.436 e. The van der Waals surface area contributed by atoms with Gasteiger partial charge in [-0.3, -0.25) is 0 Å². The van der Waals surface area contributed by atoms with Gasteiger partial charge in [0.2, 0.25) is 0 Å².